The van der Waals surface area contributed by atoms with Gasteiger partial charge in [-0.15, -0.1) is 11.3 Å². The fourth-order valence-corrected chi connectivity index (χ4v) is 2.32. The third kappa shape index (κ3) is 4.03. The van der Waals surface area contributed by atoms with Gasteiger partial charge < -0.3 is 0 Å². The van der Waals surface area contributed by atoms with Gasteiger partial charge in [-0.05, 0) is 36.4 Å². The first-order valence-corrected chi connectivity index (χ1v) is 6.94. The van der Waals surface area contributed by atoms with E-state index in [1.165, 1.54) is 0 Å². The molecule has 0 unspecified atom stereocenters. The van der Waals surface area contributed by atoms with E-state index in [4.69, 9.17) is 0 Å². The number of carbonyl (C=O) groups is 1. The Balaban J connectivity index is 1.92. The Labute approximate surface area is 117 Å². The Kier molecular flexibility index (Phi) is 4.47. The van der Waals surface area contributed by atoms with Gasteiger partial charge in [0.1, 0.15) is 0 Å². The number of rotatable bonds is 4. The zero-order valence-corrected chi connectivity index (χ0v) is 11.8. The maximum atomic E-state index is 11.8. The Morgan fingerprint density at radius 3 is 2.95 bits per heavy atom. The average Bonchev–Trinajstić information content (AvgIpc) is 2.87. The van der Waals surface area contributed by atoms with Crippen LogP contribution in [0.1, 0.15) is 21.6 Å². The van der Waals surface area contributed by atoms with Crippen LogP contribution in [0.2, 0.25) is 0 Å². The molecule has 98 valence electrons. The molecule has 0 saturated heterocycles. The van der Waals surface area contributed by atoms with Crippen molar-refractivity contribution in [3.8, 4) is 0 Å². The largest absolute Gasteiger partial charge is 0.273 e. The molecule has 0 aliphatic heterocycles. The van der Waals surface area contributed by atoms with Crippen LogP contribution < -0.4 is 5.43 Å². The molecule has 1 amide bonds. The van der Waals surface area contributed by atoms with Gasteiger partial charge in [-0.3, -0.25) is 4.79 Å². The van der Waals surface area contributed by atoms with Gasteiger partial charge in [0.05, 0.1) is 12.6 Å². The van der Waals surface area contributed by atoms with Gasteiger partial charge >= 0.3 is 0 Å². The number of hydrogen-bond donors (Lipinski definition) is 1. The first-order chi connectivity index (χ1) is 9.15. The van der Waals surface area contributed by atoms with Crippen LogP contribution in [0.5, 0.6) is 0 Å². The molecule has 0 aliphatic carbocycles. The van der Waals surface area contributed by atoms with Gasteiger partial charge in [-0.1, -0.05) is 29.8 Å². The summed E-state index contributed by atoms with van der Waals surface area (Å²) < 4.78 is 0. The van der Waals surface area contributed by atoms with E-state index in [-0.39, 0.29) is 5.91 Å². The molecule has 2 rings (SSSR count). The third-order valence-electron chi connectivity index (χ3n) is 2.78. The summed E-state index contributed by atoms with van der Waals surface area (Å²) in [7, 11) is 0. The Hall–Kier alpha value is -1.94. The molecule has 3 nitrogen and oxygen atoms in total. The molecule has 4 heteroatoms. The summed E-state index contributed by atoms with van der Waals surface area (Å²) >= 11 is 1.58. The monoisotopic (exact) mass is 272 g/mol. The second-order valence-electron chi connectivity index (χ2n) is 4.42. The van der Waals surface area contributed by atoms with Crippen molar-refractivity contribution in [1.82, 2.24) is 5.43 Å². The zero-order valence-electron chi connectivity index (χ0n) is 11.0. The van der Waals surface area contributed by atoms with Crippen molar-refractivity contribution in [2.24, 2.45) is 5.10 Å². The summed E-state index contributed by atoms with van der Waals surface area (Å²) in [5, 5.41) is 5.92. The summed E-state index contributed by atoms with van der Waals surface area (Å²) in [4.78, 5) is 12.8. The standard InChI is InChI=1S/C15H16N2OS/c1-11-5-6-12(2)13(8-11)9-15(18)17-16-10-14-4-3-7-19-14/h3-8,10H,9H2,1-2H3,(H,17,18)/b16-10-. The number of benzene rings is 1. The molecule has 0 saturated carbocycles. The topological polar surface area (TPSA) is 41.5 Å². The van der Waals surface area contributed by atoms with Gasteiger partial charge in [0, 0.05) is 4.88 Å². The molecule has 1 heterocycles. The van der Waals surface area contributed by atoms with Crippen LogP contribution in [0.3, 0.4) is 0 Å². The second-order valence-corrected chi connectivity index (χ2v) is 5.39. The number of thiophene rings is 1. The molecule has 0 atom stereocenters. The average molecular weight is 272 g/mol. The highest BCUT2D eigenvalue weighted by molar-refractivity contribution is 7.11. The van der Waals surface area contributed by atoms with E-state index in [1.807, 2.05) is 49.6 Å². The van der Waals surface area contributed by atoms with E-state index >= 15 is 0 Å². The molecule has 2 aromatic rings. The summed E-state index contributed by atoms with van der Waals surface area (Å²) in [6, 6.07) is 10.0. The summed E-state index contributed by atoms with van der Waals surface area (Å²) in [5.74, 6) is -0.0958. The minimum absolute atomic E-state index is 0.0958. The van der Waals surface area contributed by atoms with Crippen molar-refractivity contribution in [3.63, 3.8) is 0 Å². The summed E-state index contributed by atoms with van der Waals surface area (Å²) in [6.07, 6.45) is 2.01. The molecule has 1 N–H and O–H groups in total. The van der Waals surface area contributed by atoms with Crippen molar-refractivity contribution in [3.05, 3.63) is 57.3 Å². The van der Waals surface area contributed by atoms with Crippen molar-refractivity contribution in [2.75, 3.05) is 0 Å². The van der Waals surface area contributed by atoms with Crippen molar-refractivity contribution in [2.45, 2.75) is 20.3 Å². The van der Waals surface area contributed by atoms with Crippen LogP contribution in [0, 0.1) is 13.8 Å². The Bertz CT molecular complexity index is 588. The quantitative estimate of drug-likeness (QED) is 0.674. The van der Waals surface area contributed by atoms with E-state index in [0.717, 1.165) is 21.6 Å². The van der Waals surface area contributed by atoms with E-state index in [1.54, 1.807) is 17.6 Å². The number of carbonyl (C=O) groups excluding carboxylic acids is 1. The van der Waals surface area contributed by atoms with E-state index < -0.39 is 0 Å². The second kappa shape index (κ2) is 6.29. The van der Waals surface area contributed by atoms with Gasteiger partial charge in [0.2, 0.25) is 5.91 Å². The Morgan fingerprint density at radius 2 is 2.21 bits per heavy atom. The molecule has 0 aliphatic rings. The lowest BCUT2D eigenvalue weighted by Gasteiger charge is -2.05. The van der Waals surface area contributed by atoms with Gasteiger partial charge in [0.25, 0.3) is 0 Å². The van der Waals surface area contributed by atoms with E-state index in [2.05, 4.69) is 10.5 Å². The van der Waals surface area contributed by atoms with Crippen molar-refractivity contribution in [1.29, 1.82) is 0 Å². The first-order valence-electron chi connectivity index (χ1n) is 6.06. The smallest absolute Gasteiger partial charge is 0.244 e. The van der Waals surface area contributed by atoms with E-state index in [0.29, 0.717) is 6.42 Å². The summed E-state index contributed by atoms with van der Waals surface area (Å²) in [6.45, 7) is 4.03. The highest BCUT2D eigenvalue weighted by atomic mass is 32.1. The molecule has 1 aromatic carbocycles. The molecular weight excluding hydrogens is 256 g/mol. The van der Waals surface area contributed by atoms with Crippen molar-refractivity contribution >= 4 is 23.5 Å². The predicted molar refractivity (Wildman–Crippen MR) is 79.7 cm³/mol. The third-order valence-corrected chi connectivity index (χ3v) is 3.59. The number of hydrazone groups is 1. The lowest BCUT2D eigenvalue weighted by atomic mass is 10.0. The van der Waals surface area contributed by atoms with Crippen LogP contribution in [-0.4, -0.2) is 12.1 Å². The van der Waals surface area contributed by atoms with Gasteiger partial charge in [0.15, 0.2) is 0 Å². The van der Waals surface area contributed by atoms with Crippen LogP contribution >= 0.6 is 11.3 Å². The molecule has 0 fully saturated rings. The van der Waals surface area contributed by atoms with Crippen LogP contribution in [0.25, 0.3) is 0 Å². The SMILES string of the molecule is Cc1ccc(C)c(CC(=O)N/N=C\c2cccs2)c1. The predicted octanol–water partition coefficient (Wildman–Crippen LogP) is 3.06. The fraction of sp³-hybridized carbons (Fsp3) is 0.200. The highest BCUT2D eigenvalue weighted by Crippen LogP contribution is 2.11. The fourth-order valence-electron chi connectivity index (χ4n) is 1.74. The molecule has 0 spiro atoms. The number of aryl methyl sites for hydroxylation is 2. The first kappa shape index (κ1) is 13.5. The lowest BCUT2D eigenvalue weighted by molar-refractivity contribution is -0.120. The van der Waals surface area contributed by atoms with Crippen LogP contribution in [0.15, 0.2) is 40.8 Å². The molecule has 0 bridgehead atoms. The molecule has 19 heavy (non-hydrogen) atoms. The number of nitrogens with one attached hydrogen (secondary N) is 1. The number of amides is 1. The molecule has 0 radical (unpaired) electrons. The van der Waals surface area contributed by atoms with E-state index in [9.17, 15) is 4.79 Å². The van der Waals surface area contributed by atoms with Crippen LogP contribution in [-0.2, 0) is 11.2 Å². The minimum Gasteiger partial charge on any atom is -0.273 e. The number of nitrogens with zero attached hydrogens (tertiary/aromatic N) is 1. The van der Waals surface area contributed by atoms with Crippen molar-refractivity contribution < 1.29 is 4.79 Å². The van der Waals surface area contributed by atoms with Gasteiger partial charge in [-0.2, -0.15) is 5.10 Å². The molecule has 1 aromatic heterocycles. The maximum Gasteiger partial charge on any atom is 0.244 e. The normalized spacial score (nSPS) is 10.8. The maximum absolute atomic E-state index is 11.8. The van der Waals surface area contributed by atoms with Crippen LogP contribution in [0.4, 0.5) is 0 Å². The summed E-state index contributed by atoms with van der Waals surface area (Å²) in [5.41, 5.74) is 5.89. The Morgan fingerprint density at radius 1 is 1.37 bits per heavy atom. The highest BCUT2D eigenvalue weighted by Gasteiger charge is 2.05. The van der Waals surface area contributed by atoms with Gasteiger partial charge in [-0.25, -0.2) is 5.43 Å². The number of hydrogen-bond acceptors (Lipinski definition) is 3. The lowest BCUT2D eigenvalue weighted by Crippen LogP contribution is -2.20. The minimum atomic E-state index is -0.0958. The molecular formula is C15H16N2OS. The zero-order chi connectivity index (χ0) is 13.7.